The Bertz CT molecular complexity index is 1090. The number of pyridine rings is 1. The van der Waals surface area contributed by atoms with Crippen molar-refractivity contribution < 1.29 is 9.53 Å². The zero-order valence-electron chi connectivity index (χ0n) is 14.7. The van der Waals surface area contributed by atoms with E-state index in [1.165, 1.54) is 6.20 Å². The number of carbonyl (C=O) groups excluding carboxylic acids is 1. The van der Waals surface area contributed by atoms with Gasteiger partial charge in [0.05, 0.1) is 12.2 Å². The molecular formula is C19H20N2O3Si. The molecule has 0 radical (unpaired) electrons. The van der Waals surface area contributed by atoms with Gasteiger partial charge in [0.2, 0.25) is 0 Å². The molecule has 6 heteroatoms. The van der Waals surface area contributed by atoms with Crippen LogP contribution in [0.25, 0.3) is 21.8 Å². The third-order valence-corrected chi connectivity index (χ3v) is 4.60. The van der Waals surface area contributed by atoms with Crippen molar-refractivity contribution in [2.75, 3.05) is 6.61 Å². The number of carbonyl (C=O) groups is 1. The molecule has 2 heterocycles. The number of hydrogen-bond donors (Lipinski definition) is 2. The van der Waals surface area contributed by atoms with Crippen LogP contribution in [0.15, 0.2) is 29.2 Å². The van der Waals surface area contributed by atoms with Crippen molar-refractivity contribution in [3.8, 4) is 11.5 Å². The van der Waals surface area contributed by atoms with E-state index < -0.39 is 14.0 Å². The van der Waals surface area contributed by atoms with E-state index in [4.69, 9.17) is 4.74 Å². The largest absolute Gasteiger partial charge is 0.462 e. The summed E-state index contributed by atoms with van der Waals surface area (Å²) < 4.78 is 5.11. The summed E-state index contributed by atoms with van der Waals surface area (Å²) in [5.41, 5.74) is 5.33. The highest BCUT2D eigenvalue weighted by Gasteiger charge is 2.18. The first-order chi connectivity index (χ1) is 11.8. The van der Waals surface area contributed by atoms with Crippen LogP contribution in [-0.2, 0) is 4.74 Å². The van der Waals surface area contributed by atoms with Crippen LogP contribution in [0.4, 0.5) is 0 Å². The zero-order chi connectivity index (χ0) is 18.2. The van der Waals surface area contributed by atoms with Crippen LogP contribution in [0, 0.1) is 11.5 Å². The summed E-state index contributed by atoms with van der Waals surface area (Å²) in [6.07, 6.45) is 1.53. The van der Waals surface area contributed by atoms with Gasteiger partial charge in [-0.05, 0) is 25.1 Å². The number of aromatic nitrogens is 2. The van der Waals surface area contributed by atoms with Crippen molar-refractivity contribution >= 4 is 35.8 Å². The highest BCUT2D eigenvalue weighted by Crippen LogP contribution is 2.26. The zero-order valence-corrected chi connectivity index (χ0v) is 15.7. The molecule has 128 valence electrons. The van der Waals surface area contributed by atoms with Gasteiger partial charge in [-0.25, -0.2) is 4.79 Å². The van der Waals surface area contributed by atoms with Gasteiger partial charge in [0.15, 0.2) is 0 Å². The van der Waals surface area contributed by atoms with Crippen LogP contribution in [0.2, 0.25) is 19.6 Å². The van der Waals surface area contributed by atoms with Crippen LogP contribution in [-0.4, -0.2) is 30.6 Å². The lowest BCUT2D eigenvalue weighted by Crippen LogP contribution is -2.16. The molecule has 3 rings (SSSR count). The Labute approximate surface area is 146 Å². The molecule has 3 aromatic rings. The van der Waals surface area contributed by atoms with Gasteiger partial charge in [-0.1, -0.05) is 25.6 Å². The highest BCUT2D eigenvalue weighted by molar-refractivity contribution is 6.83. The predicted octanol–water partition coefficient (Wildman–Crippen LogP) is 3.42. The fraction of sp³-hybridized carbons (Fsp3) is 0.263. The van der Waals surface area contributed by atoms with Gasteiger partial charge in [0.25, 0.3) is 5.56 Å². The smallest absolute Gasteiger partial charge is 0.340 e. The number of rotatable bonds is 2. The van der Waals surface area contributed by atoms with Crippen molar-refractivity contribution in [2.45, 2.75) is 26.6 Å². The van der Waals surface area contributed by atoms with Gasteiger partial charge in [-0.3, -0.25) is 4.79 Å². The Morgan fingerprint density at radius 1 is 1.28 bits per heavy atom. The molecule has 0 aliphatic heterocycles. The van der Waals surface area contributed by atoms with Gasteiger partial charge >= 0.3 is 5.97 Å². The molecule has 0 aliphatic carbocycles. The van der Waals surface area contributed by atoms with E-state index in [9.17, 15) is 9.59 Å². The molecule has 5 nitrogen and oxygen atoms in total. The molecule has 0 unspecified atom stereocenters. The molecule has 0 bridgehead atoms. The van der Waals surface area contributed by atoms with Crippen LogP contribution in [0.3, 0.4) is 0 Å². The molecule has 0 amide bonds. The van der Waals surface area contributed by atoms with Crippen LogP contribution >= 0.6 is 0 Å². The number of fused-ring (bicyclic) bond motifs is 3. The minimum atomic E-state index is -1.50. The van der Waals surface area contributed by atoms with E-state index in [-0.39, 0.29) is 12.2 Å². The quantitative estimate of drug-likeness (QED) is 0.422. The van der Waals surface area contributed by atoms with Gasteiger partial charge in [0, 0.05) is 28.0 Å². The first-order valence-electron chi connectivity index (χ1n) is 8.17. The summed E-state index contributed by atoms with van der Waals surface area (Å²) in [7, 11) is -1.50. The molecule has 1 aromatic carbocycles. The fourth-order valence-corrected chi connectivity index (χ4v) is 3.15. The Balaban J connectivity index is 2.30. The second-order valence-corrected chi connectivity index (χ2v) is 11.6. The lowest BCUT2D eigenvalue weighted by Gasteiger charge is -2.05. The number of hydrogen-bond acceptors (Lipinski definition) is 3. The number of ether oxygens (including phenoxy) is 1. The van der Waals surface area contributed by atoms with Crippen molar-refractivity contribution in [3.63, 3.8) is 0 Å². The van der Waals surface area contributed by atoms with E-state index in [2.05, 4.69) is 41.1 Å². The Morgan fingerprint density at radius 2 is 2.04 bits per heavy atom. The molecule has 2 aromatic heterocycles. The molecule has 0 saturated carbocycles. The highest BCUT2D eigenvalue weighted by atomic mass is 28.3. The van der Waals surface area contributed by atoms with Crippen molar-refractivity contribution in [1.29, 1.82) is 0 Å². The van der Waals surface area contributed by atoms with Gasteiger partial charge in [-0.15, -0.1) is 5.54 Å². The van der Waals surface area contributed by atoms with E-state index >= 15 is 0 Å². The van der Waals surface area contributed by atoms with Crippen molar-refractivity contribution in [1.82, 2.24) is 9.97 Å². The molecule has 0 atom stereocenters. The van der Waals surface area contributed by atoms with Crippen LogP contribution in [0.5, 0.6) is 0 Å². The van der Waals surface area contributed by atoms with E-state index in [0.717, 1.165) is 10.9 Å². The maximum Gasteiger partial charge on any atom is 0.340 e. The maximum absolute atomic E-state index is 12.3. The van der Waals surface area contributed by atoms with Crippen LogP contribution < -0.4 is 5.56 Å². The predicted molar refractivity (Wildman–Crippen MR) is 103 cm³/mol. The summed E-state index contributed by atoms with van der Waals surface area (Å²) in [5, 5.41) is 1.36. The van der Waals surface area contributed by atoms with Gasteiger partial charge < -0.3 is 14.7 Å². The second kappa shape index (κ2) is 6.26. The maximum atomic E-state index is 12.3. The number of benzene rings is 1. The van der Waals surface area contributed by atoms with Crippen molar-refractivity contribution in [2.24, 2.45) is 0 Å². The minimum absolute atomic E-state index is 0.265. The Kier molecular flexibility index (Phi) is 4.27. The first-order valence-corrected chi connectivity index (χ1v) is 11.7. The Hall–Kier alpha value is -2.78. The summed E-state index contributed by atoms with van der Waals surface area (Å²) in [4.78, 5) is 30.2. The molecule has 0 spiro atoms. The lowest BCUT2D eigenvalue weighted by atomic mass is 10.1. The lowest BCUT2D eigenvalue weighted by molar-refractivity contribution is 0.0529. The van der Waals surface area contributed by atoms with E-state index in [1.807, 2.05) is 18.2 Å². The van der Waals surface area contributed by atoms with Crippen molar-refractivity contribution in [3.05, 3.63) is 45.9 Å². The Morgan fingerprint density at radius 3 is 2.72 bits per heavy atom. The molecule has 0 aliphatic rings. The number of aromatic amines is 2. The molecular weight excluding hydrogens is 332 g/mol. The minimum Gasteiger partial charge on any atom is -0.462 e. The SMILES string of the molecule is CCOC(=O)c1c[nH]c2c(=O)[nH]c3ccc(C#C[Si](C)(C)C)cc3c12. The number of esters is 1. The van der Waals surface area contributed by atoms with E-state index in [0.29, 0.717) is 22.0 Å². The van der Waals surface area contributed by atoms with Gasteiger partial charge in [-0.2, -0.15) is 0 Å². The summed E-state index contributed by atoms with van der Waals surface area (Å²) in [6, 6.07) is 5.62. The third-order valence-electron chi connectivity index (χ3n) is 3.72. The standard InChI is InChI=1S/C19H20N2O3Si/c1-5-24-19(23)14-11-20-17-16(14)13-10-12(8-9-25(2,3)4)6-7-15(13)21-18(17)22/h6-7,10-11,20H,5H2,1-4H3,(H,21,22). The third kappa shape index (κ3) is 3.37. The number of H-pyrrole nitrogens is 2. The topological polar surface area (TPSA) is 75.0 Å². The van der Waals surface area contributed by atoms with E-state index in [1.54, 1.807) is 6.92 Å². The summed E-state index contributed by atoms with van der Waals surface area (Å²) in [6.45, 7) is 8.58. The molecule has 0 saturated heterocycles. The molecule has 0 fully saturated rings. The normalized spacial score (nSPS) is 11.4. The first kappa shape index (κ1) is 17.1. The molecule has 25 heavy (non-hydrogen) atoms. The average molecular weight is 352 g/mol. The fourth-order valence-electron chi connectivity index (χ4n) is 2.63. The average Bonchev–Trinajstić information content (AvgIpc) is 2.99. The second-order valence-electron chi connectivity index (χ2n) is 6.89. The monoisotopic (exact) mass is 352 g/mol. The summed E-state index contributed by atoms with van der Waals surface area (Å²) in [5.74, 6) is 2.77. The number of nitrogens with one attached hydrogen (secondary N) is 2. The van der Waals surface area contributed by atoms with Crippen LogP contribution in [0.1, 0.15) is 22.8 Å². The molecule has 2 N–H and O–H groups in total. The summed E-state index contributed by atoms with van der Waals surface area (Å²) >= 11 is 0. The van der Waals surface area contributed by atoms with Gasteiger partial charge in [0.1, 0.15) is 13.6 Å².